The van der Waals surface area contributed by atoms with Gasteiger partial charge < -0.3 is 15.5 Å². The summed E-state index contributed by atoms with van der Waals surface area (Å²) >= 11 is 5.47. The highest BCUT2D eigenvalue weighted by Crippen LogP contribution is 2.20. The van der Waals surface area contributed by atoms with Crippen molar-refractivity contribution in [2.24, 2.45) is 0 Å². The van der Waals surface area contributed by atoms with Crippen molar-refractivity contribution in [3.63, 3.8) is 0 Å². The molecule has 0 bridgehead atoms. The van der Waals surface area contributed by atoms with Crippen LogP contribution in [0, 0.1) is 20.8 Å². The first kappa shape index (κ1) is 21.4. The molecular formula is C21H33N5S. The highest BCUT2D eigenvalue weighted by molar-refractivity contribution is 7.80. The molecule has 0 fully saturated rings. The molecule has 1 aromatic heterocycles. The SMILES string of the molecule is CCN(CC)CCCNC(=S)Nc1c(C)nn(Cc2cccc(C)c2)c1C. The molecule has 27 heavy (non-hydrogen) atoms. The van der Waals surface area contributed by atoms with E-state index in [0.717, 1.165) is 56.2 Å². The van der Waals surface area contributed by atoms with E-state index in [0.29, 0.717) is 5.11 Å². The lowest BCUT2D eigenvalue weighted by molar-refractivity contribution is 0.300. The topological polar surface area (TPSA) is 45.1 Å². The normalized spacial score (nSPS) is 11.0. The van der Waals surface area contributed by atoms with E-state index in [4.69, 9.17) is 17.3 Å². The number of aromatic nitrogens is 2. The molecule has 0 unspecified atom stereocenters. The fourth-order valence-electron chi connectivity index (χ4n) is 3.22. The molecule has 0 aliphatic heterocycles. The molecule has 2 rings (SSSR count). The summed E-state index contributed by atoms with van der Waals surface area (Å²) in [4.78, 5) is 2.42. The van der Waals surface area contributed by atoms with Crippen LogP contribution < -0.4 is 10.6 Å². The molecule has 0 amide bonds. The quantitative estimate of drug-likeness (QED) is 0.505. The van der Waals surface area contributed by atoms with Gasteiger partial charge in [0.1, 0.15) is 0 Å². The second-order valence-electron chi connectivity index (χ2n) is 6.95. The minimum atomic E-state index is 0.663. The van der Waals surface area contributed by atoms with Gasteiger partial charge in [0.2, 0.25) is 0 Å². The number of nitrogens with zero attached hydrogens (tertiary/aromatic N) is 3. The first-order valence-electron chi connectivity index (χ1n) is 9.81. The molecular weight excluding hydrogens is 354 g/mol. The van der Waals surface area contributed by atoms with Crippen molar-refractivity contribution in [2.75, 3.05) is 31.5 Å². The van der Waals surface area contributed by atoms with E-state index < -0.39 is 0 Å². The lowest BCUT2D eigenvalue weighted by atomic mass is 10.1. The van der Waals surface area contributed by atoms with Crippen molar-refractivity contribution < 1.29 is 0 Å². The average Bonchev–Trinajstić information content (AvgIpc) is 2.89. The Morgan fingerprint density at radius 2 is 1.93 bits per heavy atom. The Morgan fingerprint density at radius 3 is 2.59 bits per heavy atom. The van der Waals surface area contributed by atoms with Gasteiger partial charge in [0, 0.05) is 6.54 Å². The van der Waals surface area contributed by atoms with Crippen LogP contribution in [-0.2, 0) is 6.54 Å². The van der Waals surface area contributed by atoms with Crippen molar-refractivity contribution in [3.05, 3.63) is 46.8 Å². The summed E-state index contributed by atoms with van der Waals surface area (Å²) in [7, 11) is 0. The van der Waals surface area contributed by atoms with Gasteiger partial charge in [-0.25, -0.2) is 0 Å². The Bertz CT molecular complexity index is 749. The zero-order chi connectivity index (χ0) is 19.8. The molecule has 5 nitrogen and oxygen atoms in total. The van der Waals surface area contributed by atoms with E-state index in [1.165, 1.54) is 11.1 Å². The van der Waals surface area contributed by atoms with Crippen molar-refractivity contribution in [2.45, 2.75) is 47.6 Å². The maximum Gasteiger partial charge on any atom is 0.170 e. The fraction of sp³-hybridized carbons (Fsp3) is 0.524. The number of nitrogens with one attached hydrogen (secondary N) is 2. The summed E-state index contributed by atoms with van der Waals surface area (Å²) < 4.78 is 2.04. The Labute approximate surface area is 169 Å². The van der Waals surface area contributed by atoms with Crippen LogP contribution in [0.2, 0.25) is 0 Å². The van der Waals surface area contributed by atoms with Crippen molar-refractivity contribution in [3.8, 4) is 0 Å². The second kappa shape index (κ2) is 10.4. The molecule has 2 aromatic rings. The van der Waals surface area contributed by atoms with Crippen LogP contribution in [0.15, 0.2) is 24.3 Å². The molecule has 0 atom stereocenters. The van der Waals surface area contributed by atoms with Gasteiger partial charge in [-0.3, -0.25) is 4.68 Å². The van der Waals surface area contributed by atoms with Crippen LogP contribution in [-0.4, -0.2) is 46.0 Å². The Hall–Kier alpha value is -1.92. The lowest BCUT2D eigenvalue weighted by Gasteiger charge is -2.18. The summed E-state index contributed by atoms with van der Waals surface area (Å²) in [6.45, 7) is 15.5. The molecule has 0 aliphatic rings. The summed E-state index contributed by atoms with van der Waals surface area (Å²) in [6.07, 6.45) is 1.08. The fourth-order valence-corrected chi connectivity index (χ4v) is 3.42. The predicted octanol–water partition coefficient (Wildman–Crippen LogP) is 3.87. The van der Waals surface area contributed by atoms with Gasteiger partial charge in [-0.2, -0.15) is 5.10 Å². The van der Waals surface area contributed by atoms with E-state index >= 15 is 0 Å². The van der Waals surface area contributed by atoms with E-state index in [1.54, 1.807) is 0 Å². The zero-order valence-corrected chi connectivity index (χ0v) is 18.1. The first-order chi connectivity index (χ1) is 12.9. The number of anilines is 1. The number of rotatable bonds is 9. The van der Waals surface area contributed by atoms with Crippen LogP contribution in [0.25, 0.3) is 0 Å². The van der Waals surface area contributed by atoms with E-state index in [1.807, 2.05) is 11.6 Å². The zero-order valence-electron chi connectivity index (χ0n) is 17.3. The minimum Gasteiger partial charge on any atom is -0.362 e. The smallest absolute Gasteiger partial charge is 0.170 e. The number of thiocarbonyl (C=S) groups is 1. The van der Waals surface area contributed by atoms with Crippen LogP contribution in [0.3, 0.4) is 0 Å². The van der Waals surface area contributed by atoms with E-state index in [2.05, 4.69) is 67.5 Å². The van der Waals surface area contributed by atoms with Crippen molar-refractivity contribution in [1.82, 2.24) is 20.0 Å². The molecule has 6 heteroatoms. The van der Waals surface area contributed by atoms with E-state index in [9.17, 15) is 0 Å². The van der Waals surface area contributed by atoms with Crippen molar-refractivity contribution >= 4 is 23.0 Å². The minimum absolute atomic E-state index is 0.663. The molecule has 0 saturated heterocycles. The first-order valence-corrected chi connectivity index (χ1v) is 10.2. The van der Waals surface area contributed by atoms with Gasteiger partial charge in [-0.1, -0.05) is 43.7 Å². The van der Waals surface area contributed by atoms with E-state index in [-0.39, 0.29) is 0 Å². The summed E-state index contributed by atoms with van der Waals surface area (Å²) in [5.41, 5.74) is 5.59. The highest BCUT2D eigenvalue weighted by Gasteiger charge is 2.13. The Balaban J connectivity index is 1.91. The third-order valence-corrected chi connectivity index (χ3v) is 5.11. The van der Waals surface area contributed by atoms with Crippen LogP contribution in [0.1, 0.15) is 42.8 Å². The van der Waals surface area contributed by atoms with Gasteiger partial charge in [0.25, 0.3) is 0 Å². The maximum absolute atomic E-state index is 5.47. The second-order valence-corrected chi connectivity index (χ2v) is 7.36. The maximum atomic E-state index is 5.47. The average molecular weight is 388 g/mol. The molecule has 1 aromatic carbocycles. The molecule has 0 radical (unpaired) electrons. The highest BCUT2D eigenvalue weighted by atomic mass is 32.1. The molecule has 148 valence electrons. The monoisotopic (exact) mass is 387 g/mol. The predicted molar refractivity (Wildman–Crippen MR) is 119 cm³/mol. The number of benzene rings is 1. The summed E-state index contributed by atoms with van der Waals surface area (Å²) in [5.74, 6) is 0. The molecule has 2 N–H and O–H groups in total. The number of hydrogen-bond acceptors (Lipinski definition) is 3. The number of aryl methyl sites for hydroxylation is 2. The molecule has 0 aliphatic carbocycles. The summed E-state index contributed by atoms with van der Waals surface area (Å²) in [6, 6.07) is 8.54. The van der Waals surface area contributed by atoms with Crippen molar-refractivity contribution in [1.29, 1.82) is 0 Å². The van der Waals surface area contributed by atoms with Crippen LogP contribution in [0.4, 0.5) is 5.69 Å². The van der Waals surface area contributed by atoms with Gasteiger partial charge in [-0.15, -0.1) is 0 Å². The summed E-state index contributed by atoms with van der Waals surface area (Å²) in [5, 5.41) is 12.0. The Kier molecular flexibility index (Phi) is 8.25. The molecule has 0 saturated carbocycles. The van der Waals surface area contributed by atoms with Gasteiger partial charge >= 0.3 is 0 Å². The largest absolute Gasteiger partial charge is 0.362 e. The number of hydrogen-bond donors (Lipinski definition) is 2. The lowest BCUT2D eigenvalue weighted by Crippen LogP contribution is -2.32. The standard InChI is InChI=1S/C21H33N5S/c1-6-25(7-2)13-9-12-22-21(27)23-20-17(4)24-26(18(20)5)15-19-11-8-10-16(3)14-19/h8,10-11,14H,6-7,9,12-13,15H2,1-5H3,(H2,22,23,27). The molecule has 1 heterocycles. The Morgan fingerprint density at radius 1 is 1.19 bits per heavy atom. The third-order valence-electron chi connectivity index (χ3n) is 4.87. The van der Waals surface area contributed by atoms with Gasteiger partial charge in [0.15, 0.2) is 5.11 Å². The third kappa shape index (κ3) is 6.33. The van der Waals surface area contributed by atoms with Crippen LogP contribution >= 0.6 is 12.2 Å². The van der Waals surface area contributed by atoms with Gasteiger partial charge in [0.05, 0.1) is 23.6 Å². The van der Waals surface area contributed by atoms with Crippen LogP contribution in [0.5, 0.6) is 0 Å². The van der Waals surface area contributed by atoms with Gasteiger partial charge in [-0.05, 0) is 64.6 Å². The molecule has 0 spiro atoms.